The van der Waals surface area contributed by atoms with Crippen LogP contribution in [0.25, 0.3) is 22.0 Å². The number of phenolic OH excluding ortho intramolecular Hbond substituents is 1. The summed E-state index contributed by atoms with van der Waals surface area (Å²) in [5.41, 5.74) is -0.117. The number of hydrogen-bond donors (Lipinski definition) is 4. The maximum atomic E-state index is 12.7. The number of carbonyl (C=O) groups excluding carboxylic acids is 1. The Kier molecular flexibility index (Phi) is 7.44. The van der Waals surface area contributed by atoms with Crippen molar-refractivity contribution in [1.82, 2.24) is 15.5 Å². The largest absolute Gasteiger partial charge is 0.507 e. The third-order valence-corrected chi connectivity index (χ3v) is 5.10. The lowest BCUT2D eigenvalue weighted by atomic mass is 10.0. The van der Waals surface area contributed by atoms with Gasteiger partial charge in [-0.3, -0.25) is 9.59 Å². The van der Waals surface area contributed by atoms with Crippen molar-refractivity contribution in [2.24, 2.45) is 0 Å². The maximum absolute atomic E-state index is 12.7. The predicted octanol–water partition coefficient (Wildman–Crippen LogP) is 3.61. The first-order valence-electron chi connectivity index (χ1n) is 10.0. The van der Waals surface area contributed by atoms with Crippen molar-refractivity contribution >= 4 is 28.8 Å². The van der Waals surface area contributed by atoms with Crippen LogP contribution >= 0.6 is 0 Å². The van der Waals surface area contributed by atoms with Gasteiger partial charge in [-0.15, -0.1) is 10.2 Å². The van der Waals surface area contributed by atoms with Crippen molar-refractivity contribution < 1.29 is 33.0 Å². The molecular weight excluding hydrogens is 441 g/mol. The van der Waals surface area contributed by atoms with Gasteiger partial charge in [0.1, 0.15) is 11.4 Å². The molecule has 1 saturated heterocycles. The van der Waals surface area contributed by atoms with Gasteiger partial charge in [0, 0.05) is 34.5 Å². The lowest BCUT2D eigenvalue weighted by molar-refractivity contribution is -0.122. The van der Waals surface area contributed by atoms with Gasteiger partial charge in [0.15, 0.2) is 5.82 Å². The molecule has 0 radical (unpaired) electrons. The van der Waals surface area contributed by atoms with Crippen LogP contribution in [0.15, 0.2) is 42.5 Å². The topological polar surface area (TPSA) is 124 Å². The number of halogens is 3. The lowest BCUT2D eigenvalue weighted by Crippen LogP contribution is -2.38. The first kappa shape index (κ1) is 23.9. The zero-order valence-corrected chi connectivity index (χ0v) is 17.3. The molecule has 2 aromatic carbocycles. The number of anilines is 1. The van der Waals surface area contributed by atoms with Crippen molar-refractivity contribution in [1.29, 1.82) is 0 Å². The van der Waals surface area contributed by atoms with E-state index in [1.54, 1.807) is 12.1 Å². The van der Waals surface area contributed by atoms with E-state index in [9.17, 15) is 23.1 Å². The number of nitrogens with zero attached hydrogens (tertiary/aromatic N) is 2. The summed E-state index contributed by atoms with van der Waals surface area (Å²) >= 11 is 0. The standard InChI is InChI=1S/C21H19F3N4O2.CH2O2/c22-21(23,24)19(30)12-7-8-16(17(29)10-12)18-14-5-1-2-6-15(14)20(28-27-18)26-13-4-3-9-25-11-13;2-1-3/h1-2,5-8,10,13,25,29H,3-4,9,11H2,(H,26,28);1H,(H,2,3)/t13-;/m1./s1. The minimum Gasteiger partial charge on any atom is -0.507 e. The zero-order chi connectivity index (χ0) is 24.0. The van der Waals surface area contributed by atoms with Crippen molar-refractivity contribution in [3.8, 4) is 17.0 Å². The summed E-state index contributed by atoms with van der Waals surface area (Å²) in [6.45, 7) is 1.54. The summed E-state index contributed by atoms with van der Waals surface area (Å²) in [4.78, 5) is 19.8. The molecule has 4 N–H and O–H groups in total. The number of piperidine rings is 1. The van der Waals surface area contributed by atoms with Crippen LogP contribution in [-0.2, 0) is 4.79 Å². The van der Waals surface area contributed by atoms with Crippen LogP contribution in [0.1, 0.15) is 23.2 Å². The average Bonchev–Trinajstić information content (AvgIpc) is 2.80. The van der Waals surface area contributed by atoms with E-state index < -0.39 is 23.3 Å². The predicted molar refractivity (Wildman–Crippen MR) is 115 cm³/mol. The zero-order valence-electron chi connectivity index (χ0n) is 17.3. The van der Waals surface area contributed by atoms with Crippen molar-refractivity contribution in [3.63, 3.8) is 0 Å². The Bertz CT molecular complexity index is 1150. The minimum absolute atomic E-state index is 0.198. The Labute approximate surface area is 186 Å². The number of ketones is 1. The molecule has 4 rings (SSSR count). The number of fused-ring (bicyclic) bond motifs is 1. The molecule has 3 aromatic rings. The van der Waals surface area contributed by atoms with E-state index in [2.05, 4.69) is 20.8 Å². The van der Waals surface area contributed by atoms with E-state index in [1.165, 1.54) is 6.07 Å². The first-order valence-corrected chi connectivity index (χ1v) is 10.0. The second-order valence-electron chi connectivity index (χ2n) is 7.29. The molecule has 1 atom stereocenters. The summed E-state index contributed by atoms with van der Waals surface area (Å²) in [5, 5.41) is 33.9. The fraction of sp³-hybridized carbons (Fsp3) is 0.273. The molecule has 1 aromatic heterocycles. The number of benzene rings is 2. The van der Waals surface area contributed by atoms with Crippen LogP contribution in [0.4, 0.5) is 19.0 Å². The molecule has 1 aliphatic heterocycles. The number of Topliss-reactive ketones (excluding diaryl/α,β-unsaturated/α-hetero) is 1. The molecule has 2 heterocycles. The second-order valence-corrected chi connectivity index (χ2v) is 7.29. The quantitative estimate of drug-likeness (QED) is 0.342. The Morgan fingerprint density at radius 3 is 2.45 bits per heavy atom. The number of carboxylic acid groups (broad SMARTS) is 1. The molecule has 1 aliphatic rings. The molecule has 0 saturated carbocycles. The molecule has 174 valence electrons. The van der Waals surface area contributed by atoms with Crippen LogP contribution in [0.3, 0.4) is 0 Å². The fourth-order valence-corrected chi connectivity index (χ4v) is 3.61. The Balaban J connectivity index is 0.000000968. The normalized spacial score (nSPS) is 15.9. The number of rotatable bonds is 4. The number of aromatic nitrogens is 2. The first-order chi connectivity index (χ1) is 15.8. The second kappa shape index (κ2) is 10.3. The van der Waals surface area contributed by atoms with Crippen LogP contribution in [0, 0.1) is 0 Å². The smallest absolute Gasteiger partial charge is 0.454 e. The average molecular weight is 462 g/mol. The summed E-state index contributed by atoms with van der Waals surface area (Å²) in [5.74, 6) is -1.88. The fourth-order valence-electron chi connectivity index (χ4n) is 3.61. The van der Waals surface area contributed by atoms with E-state index in [0.29, 0.717) is 16.9 Å². The number of phenols is 1. The van der Waals surface area contributed by atoms with E-state index >= 15 is 0 Å². The number of aromatic hydroxyl groups is 1. The van der Waals surface area contributed by atoms with Crippen molar-refractivity contribution in [2.75, 3.05) is 18.4 Å². The summed E-state index contributed by atoms with van der Waals surface area (Å²) < 4.78 is 38.0. The van der Waals surface area contributed by atoms with Gasteiger partial charge in [0.05, 0.1) is 0 Å². The molecule has 0 bridgehead atoms. The van der Waals surface area contributed by atoms with Gasteiger partial charge in [-0.1, -0.05) is 30.3 Å². The number of hydrogen-bond acceptors (Lipinski definition) is 7. The number of alkyl halides is 3. The number of carbonyl (C=O) groups is 2. The molecule has 33 heavy (non-hydrogen) atoms. The van der Waals surface area contributed by atoms with Crippen LogP contribution in [0.5, 0.6) is 5.75 Å². The van der Waals surface area contributed by atoms with Crippen molar-refractivity contribution in [2.45, 2.75) is 25.1 Å². The van der Waals surface area contributed by atoms with Crippen molar-refractivity contribution in [3.05, 3.63) is 48.0 Å². The molecule has 0 spiro atoms. The molecule has 1 fully saturated rings. The molecule has 11 heteroatoms. The highest BCUT2D eigenvalue weighted by molar-refractivity contribution is 6.03. The van der Waals surface area contributed by atoms with E-state index in [1.807, 2.05) is 12.1 Å². The van der Waals surface area contributed by atoms with Gasteiger partial charge in [-0.05, 0) is 31.5 Å². The Morgan fingerprint density at radius 2 is 1.85 bits per heavy atom. The minimum atomic E-state index is -5.01. The van der Waals surface area contributed by atoms with Gasteiger partial charge >= 0.3 is 6.18 Å². The third-order valence-electron chi connectivity index (χ3n) is 5.10. The highest BCUT2D eigenvalue weighted by atomic mass is 19.4. The monoisotopic (exact) mass is 462 g/mol. The van der Waals surface area contributed by atoms with Gasteiger partial charge in [-0.2, -0.15) is 13.2 Å². The Morgan fingerprint density at radius 1 is 1.15 bits per heavy atom. The van der Waals surface area contributed by atoms with E-state index in [-0.39, 0.29) is 18.1 Å². The van der Waals surface area contributed by atoms with Crippen LogP contribution < -0.4 is 10.6 Å². The highest BCUT2D eigenvalue weighted by Crippen LogP contribution is 2.36. The van der Waals surface area contributed by atoms with E-state index in [0.717, 1.165) is 43.5 Å². The van der Waals surface area contributed by atoms with Crippen LogP contribution in [0.2, 0.25) is 0 Å². The Hall–Kier alpha value is -3.73. The number of nitrogens with one attached hydrogen (secondary N) is 2. The van der Waals surface area contributed by atoms with Gasteiger partial charge < -0.3 is 20.8 Å². The summed E-state index contributed by atoms with van der Waals surface area (Å²) in [6.07, 6.45) is -2.96. The molecular formula is C22H21F3N4O4. The summed E-state index contributed by atoms with van der Waals surface area (Å²) in [6, 6.07) is 10.6. The lowest BCUT2D eigenvalue weighted by Gasteiger charge is -2.24. The van der Waals surface area contributed by atoms with Crippen LogP contribution in [-0.4, -0.2) is 58.0 Å². The van der Waals surface area contributed by atoms with Gasteiger partial charge in [-0.25, -0.2) is 0 Å². The molecule has 8 nitrogen and oxygen atoms in total. The molecule has 0 unspecified atom stereocenters. The molecule has 0 aliphatic carbocycles. The third kappa shape index (κ3) is 5.55. The molecule has 0 amide bonds. The SMILES string of the molecule is O=C(c1ccc(-c2nnc(N[C@@H]3CCCNC3)c3ccccc23)c(O)c1)C(F)(F)F.O=CO. The summed E-state index contributed by atoms with van der Waals surface area (Å²) in [7, 11) is 0. The van der Waals surface area contributed by atoms with Gasteiger partial charge in [0.2, 0.25) is 0 Å². The maximum Gasteiger partial charge on any atom is 0.454 e. The highest BCUT2D eigenvalue weighted by Gasteiger charge is 2.39. The van der Waals surface area contributed by atoms with E-state index in [4.69, 9.17) is 9.90 Å². The van der Waals surface area contributed by atoms with Gasteiger partial charge in [0.25, 0.3) is 12.3 Å².